The third kappa shape index (κ3) is 5.03. The molecular formula is C21H26N2. The minimum atomic E-state index is 0.541. The third-order valence-electron chi connectivity index (χ3n) is 3.87. The Morgan fingerprint density at radius 3 is 2.04 bits per heavy atom. The summed E-state index contributed by atoms with van der Waals surface area (Å²) in [7, 11) is 0. The standard InChI is InChI=1S/C21H26N2/c1-4-5-6-18-7-9-20(10-8-18)21-13-11-19(12-14-21)17(3)23-15-16(2)22/h7-14,23H,2-6,15,22H2,1H3. The molecule has 120 valence electrons. The van der Waals surface area contributed by atoms with E-state index in [0.717, 1.165) is 17.7 Å². The van der Waals surface area contributed by atoms with Gasteiger partial charge in [-0.2, -0.15) is 0 Å². The number of benzene rings is 2. The predicted octanol–water partition coefficient (Wildman–Crippen LogP) is 4.73. The lowest BCUT2D eigenvalue weighted by molar-refractivity contribution is 0.795. The highest BCUT2D eigenvalue weighted by Crippen LogP contribution is 2.22. The molecule has 2 heteroatoms. The number of hydrogen-bond acceptors (Lipinski definition) is 2. The molecule has 2 aromatic carbocycles. The SMILES string of the molecule is C=C(N)CNC(=C)c1ccc(-c2ccc(CCCC)cc2)cc1. The van der Waals surface area contributed by atoms with Crippen molar-refractivity contribution in [3.05, 3.63) is 78.5 Å². The first kappa shape index (κ1) is 16.9. The summed E-state index contributed by atoms with van der Waals surface area (Å²) in [6.07, 6.45) is 3.64. The van der Waals surface area contributed by atoms with Crippen LogP contribution in [0.2, 0.25) is 0 Å². The molecule has 0 bridgehead atoms. The van der Waals surface area contributed by atoms with Gasteiger partial charge in [0.15, 0.2) is 0 Å². The van der Waals surface area contributed by atoms with Crippen molar-refractivity contribution in [1.82, 2.24) is 5.32 Å². The first-order valence-corrected chi connectivity index (χ1v) is 8.16. The summed E-state index contributed by atoms with van der Waals surface area (Å²) >= 11 is 0. The second kappa shape index (κ2) is 8.23. The monoisotopic (exact) mass is 306 g/mol. The van der Waals surface area contributed by atoms with Crippen LogP contribution >= 0.6 is 0 Å². The lowest BCUT2D eigenvalue weighted by Crippen LogP contribution is -2.18. The van der Waals surface area contributed by atoms with Gasteiger partial charge in [0.05, 0.1) is 6.54 Å². The normalized spacial score (nSPS) is 10.3. The van der Waals surface area contributed by atoms with Crippen LogP contribution in [0.1, 0.15) is 30.9 Å². The fraction of sp³-hybridized carbons (Fsp3) is 0.238. The van der Waals surface area contributed by atoms with Crippen LogP contribution in [-0.4, -0.2) is 6.54 Å². The van der Waals surface area contributed by atoms with Crippen LogP contribution < -0.4 is 11.1 Å². The lowest BCUT2D eigenvalue weighted by atomic mass is 10.0. The van der Waals surface area contributed by atoms with E-state index in [1.807, 2.05) is 0 Å². The van der Waals surface area contributed by atoms with E-state index in [2.05, 4.69) is 73.9 Å². The van der Waals surface area contributed by atoms with Crippen LogP contribution in [0, 0.1) is 0 Å². The molecular weight excluding hydrogens is 280 g/mol. The molecule has 0 heterocycles. The molecule has 0 aliphatic heterocycles. The summed E-state index contributed by atoms with van der Waals surface area (Å²) in [4.78, 5) is 0. The third-order valence-corrected chi connectivity index (χ3v) is 3.87. The van der Waals surface area contributed by atoms with Gasteiger partial charge in [0.2, 0.25) is 0 Å². The first-order valence-electron chi connectivity index (χ1n) is 8.16. The number of nitrogens with one attached hydrogen (secondary N) is 1. The van der Waals surface area contributed by atoms with Gasteiger partial charge in [-0.05, 0) is 35.1 Å². The first-order chi connectivity index (χ1) is 11.1. The highest BCUT2D eigenvalue weighted by molar-refractivity contribution is 5.69. The molecule has 0 fully saturated rings. The molecule has 2 aromatic rings. The second-order valence-corrected chi connectivity index (χ2v) is 5.87. The molecule has 0 aliphatic rings. The van der Waals surface area contributed by atoms with E-state index in [1.54, 1.807) is 0 Å². The molecule has 0 amide bonds. The highest BCUT2D eigenvalue weighted by atomic mass is 14.9. The van der Waals surface area contributed by atoms with Crippen LogP contribution in [0.15, 0.2) is 67.4 Å². The molecule has 0 saturated heterocycles. The van der Waals surface area contributed by atoms with E-state index >= 15 is 0 Å². The maximum absolute atomic E-state index is 5.56. The number of rotatable bonds is 8. The van der Waals surface area contributed by atoms with Gasteiger partial charge < -0.3 is 11.1 Å². The van der Waals surface area contributed by atoms with Crippen molar-refractivity contribution in [3.63, 3.8) is 0 Å². The maximum Gasteiger partial charge on any atom is 0.0539 e. The van der Waals surface area contributed by atoms with E-state index in [-0.39, 0.29) is 0 Å². The molecule has 2 nitrogen and oxygen atoms in total. The van der Waals surface area contributed by atoms with Gasteiger partial charge in [-0.15, -0.1) is 0 Å². The van der Waals surface area contributed by atoms with Gasteiger partial charge in [-0.25, -0.2) is 0 Å². The molecule has 0 radical (unpaired) electrons. The van der Waals surface area contributed by atoms with Crippen molar-refractivity contribution in [2.75, 3.05) is 6.54 Å². The molecule has 23 heavy (non-hydrogen) atoms. The summed E-state index contributed by atoms with van der Waals surface area (Å²) in [5.74, 6) is 0. The smallest absolute Gasteiger partial charge is 0.0539 e. The average molecular weight is 306 g/mol. The molecule has 0 unspecified atom stereocenters. The molecule has 0 spiro atoms. The maximum atomic E-state index is 5.56. The van der Waals surface area contributed by atoms with Gasteiger partial charge in [-0.3, -0.25) is 0 Å². The zero-order valence-corrected chi connectivity index (χ0v) is 13.9. The summed E-state index contributed by atoms with van der Waals surface area (Å²) in [6, 6.07) is 17.3. The number of unbranched alkanes of at least 4 members (excludes halogenated alkanes) is 1. The predicted molar refractivity (Wildman–Crippen MR) is 101 cm³/mol. The summed E-state index contributed by atoms with van der Waals surface area (Å²) in [6.45, 7) is 10.5. The topological polar surface area (TPSA) is 38.0 Å². The summed E-state index contributed by atoms with van der Waals surface area (Å²) in [5, 5.41) is 3.17. The minimum absolute atomic E-state index is 0.541. The molecule has 0 atom stereocenters. The van der Waals surface area contributed by atoms with Crippen molar-refractivity contribution in [2.45, 2.75) is 26.2 Å². The van der Waals surface area contributed by atoms with Crippen molar-refractivity contribution < 1.29 is 0 Å². The van der Waals surface area contributed by atoms with Crippen LogP contribution in [0.3, 0.4) is 0 Å². The molecule has 2 rings (SSSR count). The quantitative estimate of drug-likeness (QED) is 0.740. The van der Waals surface area contributed by atoms with Gasteiger partial charge in [0.25, 0.3) is 0 Å². The second-order valence-electron chi connectivity index (χ2n) is 5.87. The van der Waals surface area contributed by atoms with Gasteiger partial charge in [-0.1, -0.05) is 75.0 Å². The molecule has 0 aromatic heterocycles. The van der Waals surface area contributed by atoms with Gasteiger partial charge in [0, 0.05) is 11.4 Å². The van der Waals surface area contributed by atoms with E-state index in [4.69, 9.17) is 5.73 Å². The Kier molecular flexibility index (Phi) is 6.04. The van der Waals surface area contributed by atoms with Crippen molar-refractivity contribution >= 4 is 5.70 Å². The van der Waals surface area contributed by atoms with E-state index in [1.165, 1.54) is 29.5 Å². The summed E-state index contributed by atoms with van der Waals surface area (Å²) < 4.78 is 0. The fourth-order valence-corrected chi connectivity index (χ4v) is 2.43. The lowest BCUT2D eigenvalue weighted by Gasteiger charge is -2.10. The Labute approximate surface area is 139 Å². The molecule has 0 saturated carbocycles. The Hall–Kier alpha value is -2.48. The van der Waals surface area contributed by atoms with Gasteiger partial charge in [0.1, 0.15) is 0 Å². The van der Waals surface area contributed by atoms with Crippen LogP contribution in [-0.2, 0) is 6.42 Å². The highest BCUT2D eigenvalue weighted by Gasteiger charge is 2.02. The van der Waals surface area contributed by atoms with Crippen molar-refractivity contribution in [1.29, 1.82) is 0 Å². The Morgan fingerprint density at radius 2 is 1.52 bits per heavy atom. The molecule has 3 N–H and O–H groups in total. The van der Waals surface area contributed by atoms with Crippen molar-refractivity contribution in [3.8, 4) is 11.1 Å². The number of nitrogens with two attached hydrogens (primary N) is 1. The average Bonchev–Trinajstić information content (AvgIpc) is 2.58. The number of aryl methyl sites for hydroxylation is 1. The zero-order valence-electron chi connectivity index (χ0n) is 13.9. The molecule has 0 aliphatic carbocycles. The van der Waals surface area contributed by atoms with E-state index < -0.39 is 0 Å². The van der Waals surface area contributed by atoms with E-state index in [0.29, 0.717) is 12.2 Å². The minimum Gasteiger partial charge on any atom is -0.401 e. The van der Waals surface area contributed by atoms with Crippen molar-refractivity contribution in [2.24, 2.45) is 5.73 Å². The largest absolute Gasteiger partial charge is 0.401 e. The van der Waals surface area contributed by atoms with Crippen LogP contribution in [0.25, 0.3) is 16.8 Å². The number of hydrogen-bond donors (Lipinski definition) is 2. The Bertz CT molecular complexity index is 651. The summed E-state index contributed by atoms with van der Waals surface area (Å²) in [5.41, 5.74) is 12.0. The fourth-order valence-electron chi connectivity index (χ4n) is 2.43. The Morgan fingerprint density at radius 1 is 0.957 bits per heavy atom. The van der Waals surface area contributed by atoms with Gasteiger partial charge >= 0.3 is 0 Å². The Balaban J connectivity index is 2.04. The zero-order chi connectivity index (χ0) is 16.7. The van der Waals surface area contributed by atoms with Crippen LogP contribution in [0.4, 0.5) is 0 Å². The van der Waals surface area contributed by atoms with Crippen LogP contribution in [0.5, 0.6) is 0 Å². The van der Waals surface area contributed by atoms with E-state index in [9.17, 15) is 0 Å².